The molecule has 1 aliphatic carbocycles. The molecule has 0 saturated carbocycles. The maximum absolute atomic E-state index is 12.6. The molecule has 0 atom stereocenters. The lowest BCUT2D eigenvalue weighted by Crippen LogP contribution is -2.15. The van der Waals surface area contributed by atoms with Crippen molar-refractivity contribution < 1.29 is 8.42 Å². The largest absolute Gasteiger partial charge is 0.384 e. The van der Waals surface area contributed by atoms with Crippen molar-refractivity contribution in [3.63, 3.8) is 0 Å². The van der Waals surface area contributed by atoms with Gasteiger partial charge in [0.15, 0.2) is 0 Å². The predicted molar refractivity (Wildman–Crippen MR) is 96.9 cm³/mol. The summed E-state index contributed by atoms with van der Waals surface area (Å²) < 4.78 is 27.7. The van der Waals surface area contributed by atoms with Crippen LogP contribution in [0.25, 0.3) is 0 Å². The van der Waals surface area contributed by atoms with Gasteiger partial charge in [-0.15, -0.1) is 0 Å². The molecular weight excluding hydrogens is 322 g/mol. The van der Waals surface area contributed by atoms with Crippen molar-refractivity contribution in [1.29, 1.82) is 0 Å². The van der Waals surface area contributed by atoms with E-state index in [0.717, 1.165) is 43.5 Å². The van der Waals surface area contributed by atoms with E-state index in [1.165, 1.54) is 12.0 Å². The van der Waals surface area contributed by atoms with Gasteiger partial charge in [0.2, 0.25) is 0 Å². The Morgan fingerprint density at radius 3 is 2.58 bits per heavy atom. The van der Waals surface area contributed by atoms with E-state index >= 15 is 0 Å². The van der Waals surface area contributed by atoms with Gasteiger partial charge in [-0.1, -0.05) is 13.0 Å². The number of pyridine rings is 1. The Balaban J connectivity index is 1.76. The second kappa shape index (κ2) is 7.21. The zero-order valence-corrected chi connectivity index (χ0v) is 14.7. The number of aromatic nitrogens is 1. The summed E-state index contributed by atoms with van der Waals surface area (Å²) in [6.45, 7) is 2.95. The number of sulfonamides is 1. The van der Waals surface area contributed by atoms with Crippen LogP contribution in [0, 0.1) is 0 Å². The zero-order chi connectivity index (χ0) is 17.0. The Morgan fingerprint density at radius 1 is 1.08 bits per heavy atom. The van der Waals surface area contributed by atoms with Crippen LogP contribution in [0.5, 0.6) is 0 Å². The molecule has 5 nitrogen and oxygen atoms in total. The number of nitrogens with one attached hydrogen (secondary N) is 2. The van der Waals surface area contributed by atoms with Crippen molar-refractivity contribution in [2.24, 2.45) is 0 Å². The predicted octanol–water partition coefficient (Wildman–Crippen LogP) is 3.58. The van der Waals surface area contributed by atoms with Gasteiger partial charge in [-0.2, -0.15) is 0 Å². The topological polar surface area (TPSA) is 71.1 Å². The average Bonchev–Trinajstić information content (AvgIpc) is 2.60. The normalized spacial score (nSPS) is 14.0. The molecule has 6 heteroatoms. The molecule has 3 rings (SSSR count). The number of benzene rings is 1. The van der Waals surface area contributed by atoms with E-state index in [1.54, 1.807) is 24.4 Å². The lowest BCUT2D eigenvalue weighted by Gasteiger charge is -2.17. The lowest BCUT2D eigenvalue weighted by molar-refractivity contribution is 0.600. The van der Waals surface area contributed by atoms with E-state index in [-0.39, 0.29) is 0 Å². The van der Waals surface area contributed by atoms with E-state index in [4.69, 9.17) is 0 Å². The first kappa shape index (κ1) is 16.8. The molecule has 0 spiro atoms. The van der Waals surface area contributed by atoms with Gasteiger partial charge in [0.05, 0.1) is 16.8 Å². The third-order valence-corrected chi connectivity index (χ3v) is 5.56. The van der Waals surface area contributed by atoms with Gasteiger partial charge in [0.1, 0.15) is 5.82 Å². The number of hydrogen-bond acceptors (Lipinski definition) is 4. The summed E-state index contributed by atoms with van der Waals surface area (Å²) in [5.74, 6) is 0.328. The average molecular weight is 345 g/mol. The maximum Gasteiger partial charge on any atom is 0.263 e. The highest BCUT2D eigenvalue weighted by molar-refractivity contribution is 7.92. The third kappa shape index (κ3) is 3.87. The Labute approximate surface area is 143 Å². The van der Waals surface area contributed by atoms with Crippen LogP contribution in [0.2, 0.25) is 0 Å². The standard InChI is InChI=1S/C18H23N3O2S/c1-2-11-19-16-8-10-18(20-13-16)21-24(22,23)17-9-7-14-5-3-4-6-15(14)12-17/h7-10,12-13,19H,2-6,11H2,1H3,(H,20,21). The number of nitrogens with zero attached hydrogens (tertiary/aromatic N) is 1. The quantitative estimate of drug-likeness (QED) is 0.839. The zero-order valence-electron chi connectivity index (χ0n) is 13.9. The summed E-state index contributed by atoms with van der Waals surface area (Å²) in [5, 5.41) is 3.21. The van der Waals surface area contributed by atoms with Gasteiger partial charge in [0, 0.05) is 6.54 Å². The highest BCUT2D eigenvalue weighted by Crippen LogP contribution is 2.25. The van der Waals surface area contributed by atoms with Crippen LogP contribution < -0.4 is 10.0 Å². The van der Waals surface area contributed by atoms with Crippen molar-refractivity contribution >= 4 is 21.5 Å². The Morgan fingerprint density at radius 2 is 1.88 bits per heavy atom. The van der Waals surface area contributed by atoms with Crippen LogP contribution in [0.1, 0.15) is 37.3 Å². The number of fused-ring (bicyclic) bond motifs is 1. The number of anilines is 2. The highest BCUT2D eigenvalue weighted by atomic mass is 32.2. The molecule has 1 aromatic heterocycles. The Hall–Kier alpha value is -2.08. The molecule has 0 aliphatic heterocycles. The molecule has 0 unspecified atom stereocenters. The first-order valence-electron chi connectivity index (χ1n) is 8.43. The lowest BCUT2D eigenvalue weighted by atomic mass is 9.92. The minimum atomic E-state index is -3.61. The minimum Gasteiger partial charge on any atom is -0.384 e. The molecule has 1 heterocycles. The van der Waals surface area contributed by atoms with Crippen LogP contribution in [-0.4, -0.2) is 19.9 Å². The molecule has 0 fully saturated rings. The van der Waals surface area contributed by atoms with Crippen molar-refractivity contribution in [1.82, 2.24) is 4.98 Å². The van der Waals surface area contributed by atoms with Crippen molar-refractivity contribution in [3.05, 3.63) is 47.7 Å². The fraction of sp³-hybridized carbons (Fsp3) is 0.389. The molecule has 128 valence electrons. The molecule has 0 radical (unpaired) electrons. The smallest absolute Gasteiger partial charge is 0.263 e. The monoisotopic (exact) mass is 345 g/mol. The molecule has 2 aromatic rings. The first-order valence-corrected chi connectivity index (χ1v) is 9.91. The van der Waals surface area contributed by atoms with Crippen LogP contribution in [0.4, 0.5) is 11.5 Å². The molecule has 0 saturated heterocycles. The number of hydrogen-bond donors (Lipinski definition) is 2. The van der Waals surface area contributed by atoms with Crippen LogP contribution in [0.3, 0.4) is 0 Å². The summed E-state index contributed by atoms with van der Waals surface area (Å²) >= 11 is 0. The van der Waals surface area contributed by atoms with Gasteiger partial charge in [-0.25, -0.2) is 13.4 Å². The first-order chi connectivity index (χ1) is 11.6. The summed E-state index contributed by atoms with van der Waals surface area (Å²) in [4.78, 5) is 4.48. The SMILES string of the molecule is CCCNc1ccc(NS(=O)(=O)c2ccc3c(c2)CCCC3)nc1. The molecular formula is C18H23N3O2S. The van der Waals surface area contributed by atoms with Crippen LogP contribution >= 0.6 is 0 Å². The van der Waals surface area contributed by atoms with Crippen LogP contribution in [-0.2, 0) is 22.9 Å². The van der Waals surface area contributed by atoms with Gasteiger partial charge in [0.25, 0.3) is 10.0 Å². The fourth-order valence-electron chi connectivity index (χ4n) is 2.90. The van der Waals surface area contributed by atoms with Gasteiger partial charge < -0.3 is 5.32 Å². The molecule has 0 amide bonds. The summed E-state index contributed by atoms with van der Waals surface area (Å²) in [5.41, 5.74) is 3.30. The van der Waals surface area contributed by atoms with E-state index in [2.05, 4.69) is 21.9 Å². The third-order valence-electron chi connectivity index (χ3n) is 4.21. The number of rotatable bonds is 6. The van der Waals surface area contributed by atoms with E-state index in [1.807, 2.05) is 12.1 Å². The summed E-state index contributed by atoms with van der Waals surface area (Å²) in [6, 6.07) is 8.92. The highest BCUT2D eigenvalue weighted by Gasteiger charge is 2.18. The van der Waals surface area contributed by atoms with Gasteiger partial charge in [-0.3, -0.25) is 4.72 Å². The minimum absolute atomic E-state index is 0.304. The van der Waals surface area contributed by atoms with E-state index < -0.39 is 10.0 Å². The van der Waals surface area contributed by atoms with Gasteiger partial charge in [-0.05, 0) is 67.5 Å². The van der Waals surface area contributed by atoms with E-state index in [9.17, 15) is 8.42 Å². The molecule has 1 aliphatic rings. The molecule has 0 bridgehead atoms. The van der Waals surface area contributed by atoms with Crippen molar-refractivity contribution in [2.45, 2.75) is 43.9 Å². The molecule has 24 heavy (non-hydrogen) atoms. The second-order valence-electron chi connectivity index (χ2n) is 6.10. The Bertz CT molecular complexity index is 802. The second-order valence-corrected chi connectivity index (χ2v) is 7.78. The van der Waals surface area contributed by atoms with Gasteiger partial charge >= 0.3 is 0 Å². The van der Waals surface area contributed by atoms with Crippen molar-refractivity contribution in [3.8, 4) is 0 Å². The van der Waals surface area contributed by atoms with E-state index in [0.29, 0.717) is 10.7 Å². The maximum atomic E-state index is 12.6. The number of aryl methyl sites for hydroxylation is 2. The summed E-state index contributed by atoms with van der Waals surface area (Å²) in [7, 11) is -3.61. The summed E-state index contributed by atoms with van der Waals surface area (Å²) in [6.07, 6.45) is 6.95. The van der Waals surface area contributed by atoms with Crippen molar-refractivity contribution in [2.75, 3.05) is 16.6 Å². The molecule has 1 aromatic carbocycles. The molecule has 2 N–H and O–H groups in total. The van der Waals surface area contributed by atoms with Crippen LogP contribution in [0.15, 0.2) is 41.4 Å². The fourth-order valence-corrected chi connectivity index (χ4v) is 3.96. The Kier molecular flexibility index (Phi) is 5.04.